The van der Waals surface area contributed by atoms with Crippen LogP contribution >= 0.6 is 0 Å². The lowest BCUT2D eigenvalue weighted by Gasteiger charge is -2.25. The molecular formula is C22H20F3NO5. The molecule has 0 fully saturated rings. The molecule has 0 aromatic heterocycles. The molecule has 0 bridgehead atoms. The summed E-state index contributed by atoms with van der Waals surface area (Å²) in [6, 6.07) is 9.92. The summed E-state index contributed by atoms with van der Waals surface area (Å²) >= 11 is 0. The Labute approximate surface area is 176 Å². The van der Waals surface area contributed by atoms with Crippen LogP contribution in [0.1, 0.15) is 24.0 Å². The highest BCUT2D eigenvalue weighted by atomic mass is 19.4. The predicted molar refractivity (Wildman–Crippen MR) is 107 cm³/mol. The Morgan fingerprint density at radius 1 is 1.23 bits per heavy atom. The number of carbonyl (C=O) groups is 1. The van der Waals surface area contributed by atoms with Gasteiger partial charge in [-0.2, -0.15) is 13.2 Å². The second-order valence-electron chi connectivity index (χ2n) is 6.84. The number of ether oxygens (including phenoxy) is 3. The zero-order valence-corrected chi connectivity index (χ0v) is 16.6. The monoisotopic (exact) mass is 435 g/mol. The highest BCUT2D eigenvalue weighted by Crippen LogP contribution is 2.43. The summed E-state index contributed by atoms with van der Waals surface area (Å²) < 4.78 is 53.2. The second kappa shape index (κ2) is 8.63. The van der Waals surface area contributed by atoms with Crippen molar-refractivity contribution < 1.29 is 37.3 Å². The van der Waals surface area contributed by atoms with E-state index in [0.717, 1.165) is 0 Å². The van der Waals surface area contributed by atoms with E-state index in [1.807, 2.05) is 6.92 Å². The molecule has 1 N–H and O–H groups in total. The van der Waals surface area contributed by atoms with Crippen molar-refractivity contribution in [2.45, 2.75) is 19.0 Å². The van der Waals surface area contributed by atoms with Gasteiger partial charge in [0.15, 0.2) is 11.5 Å². The molecule has 0 spiro atoms. The summed E-state index contributed by atoms with van der Waals surface area (Å²) in [6.07, 6.45) is -4.27. The number of anilines is 1. The van der Waals surface area contributed by atoms with Crippen LogP contribution in [-0.2, 0) is 9.53 Å². The Kier molecular flexibility index (Phi) is 6.14. The zero-order valence-electron chi connectivity index (χ0n) is 16.6. The fraction of sp³-hybridized carbons (Fsp3) is 0.227. The third kappa shape index (κ3) is 4.76. The lowest BCUT2D eigenvalue weighted by Crippen LogP contribution is -2.27. The van der Waals surface area contributed by atoms with Crippen LogP contribution in [0.2, 0.25) is 0 Å². The number of benzene rings is 2. The molecule has 1 atom stereocenters. The average molecular weight is 435 g/mol. The van der Waals surface area contributed by atoms with Crippen molar-refractivity contribution in [3.05, 3.63) is 72.2 Å². The number of amides is 1. The van der Waals surface area contributed by atoms with Crippen molar-refractivity contribution in [1.82, 2.24) is 0 Å². The van der Waals surface area contributed by atoms with Crippen LogP contribution in [0, 0.1) is 0 Å². The second-order valence-corrected chi connectivity index (χ2v) is 6.84. The third-order valence-corrected chi connectivity index (χ3v) is 4.76. The summed E-state index contributed by atoms with van der Waals surface area (Å²) in [5.41, 5.74) is 1.60. The topological polar surface area (TPSA) is 68.2 Å². The van der Waals surface area contributed by atoms with E-state index in [9.17, 15) is 23.1 Å². The molecule has 2 aromatic carbocycles. The van der Waals surface area contributed by atoms with Gasteiger partial charge in [0.05, 0.1) is 6.54 Å². The number of phenolic OH excluding ortho intramolecular Hbond substituents is 1. The molecule has 0 radical (unpaired) electrons. The molecule has 31 heavy (non-hydrogen) atoms. The molecule has 1 aliphatic rings. The van der Waals surface area contributed by atoms with Crippen LogP contribution in [0.25, 0.3) is 0 Å². The molecule has 0 aliphatic carbocycles. The molecule has 1 amide bonds. The van der Waals surface area contributed by atoms with Gasteiger partial charge in [-0.15, -0.1) is 0 Å². The first-order chi connectivity index (χ1) is 14.6. The van der Waals surface area contributed by atoms with Gasteiger partial charge in [-0.1, -0.05) is 38.3 Å². The van der Waals surface area contributed by atoms with Crippen LogP contribution in [0.3, 0.4) is 0 Å². The molecule has 1 heterocycles. The fourth-order valence-electron chi connectivity index (χ4n) is 3.21. The third-order valence-electron chi connectivity index (χ3n) is 4.76. The predicted octanol–water partition coefficient (Wildman–Crippen LogP) is 4.84. The van der Waals surface area contributed by atoms with Gasteiger partial charge in [-0.25, -0.2) is 0 Å². The lowest BCUT2D eigenvalue weighted by molar-refractivity contribution is -0.123. The first kappa shape index (κ1) is 22.1. The van der Waals surface area contributed by atoms with Gasteiger partial charge in [0.1, 0.15) is 11.5 Å². The standard InChI is InChI=1S/C22H20F3NO5/c1-13(31-15(3)22(23,24)25)10-26(11-27)18-7-5-4-6-16(18)14(2)17-8-20-21(9-19(17)28)30-12-29-20/h4-9,11,14,28H,1,3,10,12H2,2H3. The highest BCUT2D eigenvalue weighted by Gasteiger charge is 2.35. The Hall–Kier alpha value is -3.62. The number of halogens is 3. The van der Waals surface area contributed by atoms with E-state index in [4.69, 9.17) is 9.47 Å². The zero-order chi connectivity index (χ0) is 22.8. The maximum absolute atomic E-state index is 12.7. The Morgan fingerprint density at radius 2 is 1.87 bits per heavy atom. The summed E-state index contributed by atoms with van der Waals surface area (Å²) in [4.78, 5) is 12.9. The number of allylic oxidation sites excluding steroid dienone is 1. The first-order valence-electron chi connectivity index (χ1n) is 9.17. The van der Waals surface area contributed by atoms with Gasteiger partial charge in [-0.05, 0) is 17.7 Å². The fourth-order valence-corrected chi connectivity index (χ4v) is 3.21. The number of nitrogens with zero attached hydrogens (tertiary/aromatic N) is 1. The van der Waals surface area contributed by atoms with Gasteiger partial charge >= 0.3 is 6.18 Å². The largest absolute Gasteiger partial charge is 0.508 e. The van der Waals surface area contributed by atoms with Crippen molar-refractivity contribution in [3.8, 4) is 17.2 Å². The van der Waals surface area contributed by atoms with Crippen molar-refractivity contribution in [3.63, 3.8) is 0 Å². The van der Waals surface area contributed by atoms with Crippen molar-refractivity contribution in [2.75, 3.05) is 18.2 Å². The van der Waals surface area contributed by atoms with Crippen LogP contribution in [0.15, 0.2) is 61.1 Å². The lowest BCUT2D eigenvalue weighted by atomic mass is 9.90. The Balaban J connectivity index is 1.87. The molecule has 1 aliphatic heterocycles. The number of fused-ring (bicyclic) bond motifs is 1. The number of rotatable bonds is 8. The SMILES string of the molecule is C=C(CN(C=O)c1ccccc1C(C)c1cc2c(cc1O)OCO2)OC(=C)C(F)(F)F. The Morgan fingerprint density at radius 3 is 2.52 bits per heavy atom. The molecule has 1 unspecified atom stereocenters. The summed E-state index contributed by atoms with van der Waals surface area (Å²) in [7, 11) is 0. The number of hydrogen-bond acceptors (Lipinski definition) is 5. The van der Waals surface area contributed by atoms with Crippen molar-refractivity contribution >= 4 is 12.1 Å². The molecule has 9 heteroatoms. The molecule has 3 rings (SSSR count). The number of hydrogen-bond donors (Lipinski definition) is 1. The van der Waals surface area contributed by atoms with E-state index in [1.54, 1.807) is 30.3 Å². The van der Waals surface area contributed by atoms with E-state index < -0.39 is 17.9 Å². The van der Waals surface area contributed by atoms with Crippen LogP contribution < -0.4 is 14.4 Å². The van der Waals surface area contributed by atoms with Gasteiger partial charge < -0.3 is 24.2 Å². The molecule has 2 aromatic rings. The quantitative estimate of drug-likeness (QED) is 0.475. The Bertz CT molecular complexity index is 1020. The number of phenols is 1. The van der Waals surface area contributed by atoms with E-state index in [2.05, 4.69) is 17.9 Å². The van der Waals surface area contributed by atoms with Gasteiger partial charge in [0, 0.05) is 23.2 Å². The molecule has 6 nitrogen and oxygen atoms in total. The van der Waals surface area contributed by atoms with E-state index in [0.29, 0.717) is 34.7 Å². The maximum atomic E-state index is 12.7. The van der Waals surface area contributed by atoms with Crippen LogP contribution in [0.4, 0.5) is 18.9 Å². The first-order valence-corrected chi connectivity index (χ1v) is 9.17. The normalized spacial score (nSPS) is 13.4. The minimum atomic E-state index is -4.74. The molecular weight excluding hydrogens is 415 g/mol. The van der Waals surface area contributed by atoms with Crippen molar-refractivity contribution in [1.29, 1.82) is 0 Å². The minimum absolute atomic E-state index is 0.0153. The number of carbonyl (C=O) groups excluding carboxylic acids is 1. The van der Waals surface area contributed by atoms with E-state index >= 15 is 0 Å². The smallest absolute Gasteiger partial charge is 0.448 e. The number of aromatic hydroxyl groups is 1. The highest BCUT2D eigenvalue weighted by molar-refractivity contribution is 5.78. The summed E-state index contributed by atoms with van der Waals surface area (Å²) in [5, 5.41) is 10.4. The number of para-hydroxylation sites is 1. The maximum Gasteiger partial charge on any atom is 0.448 e. The van der Waals surface area contributed by atoms with E-state index in [1.165, 1.54) is 11.0 Å². The van der Waals surface area contributed by atoms with Gasteiger partial charge in [0.25, 0.3) is 0 Å². The number of alkyl halides is 3. The van der Waals surface area contributed by atoms with E-state index in [-0.39, 0.29) is 24.8 Å². The van der Waals surface area contributed by atoms with Gasteiger partial charge in [0.2, 0.25) is 19.0 Å². The van der Waals surface area contributed by atoms with Crippen molar-refractivity contribution in [2.24, 2.45) is 0 Å². The molecule has 0 saturated heterocycles. The van der Waals surface area contributed by atoms with Crippen LogP contribution in [-0.4, -0.2) is 31.0 Å². The molecule has 164 valence electrons. The summed E-state index contributed by atoms with van der Waals surface area (Å²) in [6.45, 7) is 7.82. The minimum Gasteiger partial charge on any atom is -0.508 e. The van der Waals surface area contributed by atoms with Gasteiger partial charge in [-0.3, -0.25) is 4.79 Å². The molecule has 0 saturated carbocycles. The summed E-state index contributed by atoms with van der Waals surface area (Å²) in [5.74, 6) is -1.23. The van der Waals surface area contributed by atoms with Crippen LogP contribution in [0.5, 0.6) is 17.2 Å². The average Bonchev–Trinajstić information content (AvgIpc) is 3.17.